The molecule has 4 heteroatoms. The van der Waals surface area contributed by atoms with Crippen LogP contribution in [0.25, 0.3) is 0 Å². The highest BCUT2D eigenvalue weighted by molar-refractivity contribution is 5.54. The molecule has 112 valence electrons. The van der Waals surface area contributed by atoms with Crippen molar-refractivity contribution in [3.05, 3.63) is 29.6 Å². The van der Waals surface area contributed by atoms with E-state index in [0.29, 0.717) is 18.9 Å². The first kappa shape index (κ1) is 15.3. The third-order valence-electron chi connectivity index (χ3n) is 3.82. The number of piperazine rings is 1. The monoisotopic (exact) mass is 279 g/mol. The van der Waals surface area contributed by atoms with Gasteiger partial charge in [-0.05, 0) is 31.0 Å². The van der Waals surface area contributed by atoms with Gasteiger partial charge in [-0.1, -0.05) is 19.9 Å². The number of hydrogen-bond donors (Lipinski definition) is 1. The highest BCUT2D eigenvalue weighted by Gasteiger charge is 2.20. The van der Waals surface area contributed by atoms with Gasteiger partial charge in [0.25, 0.3) is 0 Å². The van der Waals surface area contributed by atoms with Gasteiger partial charge in [0, 0.05) is 44.0 Å². The van der Waals surface area contributed by atoms with Crippen molar-refractivity contribution in [2.24, 2.45) is 11.7 Å². The van der Waals surface area contributed by atoms with Gasteiger partial charge < -0.3 is 10.6 Å². The van der Waals surface area contributed by atoms with Crippen molar-refractivity contribution in [2.75, 3.05) is 44.2 Å². The number of nitrogens with zero attached hydrogens (tertiary/aromatic N) is 2. The SMILES string of the molecule is CC(C)CN1CCN(c2cccc(F)c2CCN)CC1. The van der Waals surface area contributed by atoms with Crippen LogP contribution in [0.5, 0.6) is 0 Å². The molecule has 0 amide bonds. The Bertz CT molecular complexity index is 426. The molecule has 0 saturated carbocycles. The molecule has 0 atom stereocenters. The molecule has 1 heterocycles. The molecule has 0 bridgehead atoms. The standard InChI is InChI=1S/C16H26FN3/c1-13(2)12-19-8-10-20(11-9-19)16-5-3-4-15(17)14(16)6-7-18/h3-5,13H,6-12,18H2,1-2H3. The van der Waals surface area contributed by atoms with Gasteiger partial charge in [-0.2, -0.15) is 0 Å². The maximum Gasteiger partial charge on any atom is 0.128 e. The molecule has 1 saturated heterocycles. The highest BCUT2D eigenvalue weighted by Crippen LogP contribution is 2.25. The number of nitrogens with two attached hydrogens (primary N) is 1. The third kappa shape index (κ3) is 3.70. The molecule has 0 unspecified atom stereocenters. The summed E-state index contributed by atoms with van der Waals surface area (Å²) in [5, 5.41) is 0. The van der Waals surface area contributed by atoms with E-state index in [2.05, 4.69) is 23.6 Å². The van der Waals surface area contributed by atoms with Crippen LogP contribution < -0.4 is 10.6 Å². The molecular formula is C16H26FN3. The Kier molecular flexibility index (Phi) is 5.38. The first-order chi connectivity index (χ1) is 9.61. The van der Waals surface area contributed by atoms with Gasteiger partial charge in [0.2, 0.25) is 0 Å². The van der Waals surface area contributed by atoms with E-state index in [4.69, 9.17) is 5.73 Å². The summed E-state index contributed by atoms with van der Waals surface area (Å²) >= 11 is 0. The van der Waals surface area contributed by atoms with E-state index < -0.39 is 0 Å². The van der Waals surface area contributed by atoms with Gasteiger partial charge in [0.1, 0.15) is 5.82 Å². The molecule has 1 fully saturated rings. The minimum Gasteiger partial charge on any atom is -0.369 e. The van der Waals surface area contributed by atoms with Crippen LogP contribution in [-0.4, -0.2) is 44.2 Å². The lowest BCUT2D eigenvalue weighted by Crippen LogP contribution is -2.47. The summed E-state index contributed by atoms with van der Waals surface area (Å²) < 4.78 is 13.9. The molecule has 20 heavy (non-hydrogen) atoms. The Balaban J connectivity index is 2.05. The second kappa shape index (κ2) is 7.04. The second-order valence-corrected chi connectivity index (χ2v) is 5.96. The van der Waals surface area contributed by atoms with Crippen LogP contribution in [0, 0.1) is 11.7 Å². The van der Waals surface area contributed by atoms with Crippen LogP contribution >= 0.6 is 0 Å². The number of anilines is 1. The van der Waals surface area contributed by atoms with Gasteiger partial charge in [0.05, 0.1) is 0 Å². The Labute approximate surface area is 121 Å². The van der Waals surface area contributed by atoms with Gasteiger partial charge in [0.15, 0.2) is 0 Å². The molecule has 0 radical (unpaired) electrons. The Hall–Kier alpha value is -1.13. The van der Waals surface area contributed by atoms with E-state index in [9.17, 15) is 4.39 Å². The molecule has 1 aliphatic heterocycles. The Morgan fingerprint density at radius 2 is 1.90 bits per heavy atom. The van der Waals surface area contributed by atoms with Crippen molar-refractivity contribution in [2.45, 2.75) is 20.3 Å². The van der Waals surface area contributed by atoms with Crippen molar-refractivity contribution in [3.8, 4) is 0 Å². The molecule has 1 aromatic carbocycles. The average molecular weight is 279 g/mol. The molecule has 1 aromatic rings. The van der Waals surface area contributed by atoms with Crippen molar-refractivity contribution >= 4 is 5.69 Å². The zero-order valence-corrected chi connectivity index (χ0v) is 12.6. The topological polar surface area (TPSA) is 32.5 Å². The lowest BCUT2D eigenvalue weighted by molar-refractivity contribution is 0.231. The Morgan fingerprint density at radius 1 is 1.20 bits per heavy atom. The summed E-state index contributed by atoms with van der Waals surface area (Å²) in [4.78, 5) is 4.79. The van der Waals surface area contributed by atoms with Crippen molar-refractivity contribution in [3.63, 3.8) is 0 Å². The number of halogens is 1. The molecule has 2 rings (SSSR count). The summed E-state index contributed by atoms with van der Waals surface area (Å²) in [6.07, 6.45) is 0.605. The molecule has 2 N–H and O–H groups in total. The predicted molar refractivity (Wildman–Crippen MR) is 82.6 cm³/mol. The van der Waals surface area contributed by atoms with Gasteiger partial charge in [-0.3, -0.25) is 4.90 Å². The summed E-state index contributed by atoms with van der Waals surface area (Å²) in [6, 6.07) is 5.35. The zero-order chi connectivity index (χ0) is 14.5. The van der Waals surface area contributed by atoms with Gasteiger partial charge >= 0.3 is 0 Å². The average Bonchev–Trinajstić information content (AvgIpc) is 2.42. The molecule has 1 aliphatic rings. The molecule has 0 aliphatic carbocycles. The molecule has 3 nitrogen and oxygen atoms in total. The quantitative estimate of drug-likeness (QED) is 0.896. The normalized spacial score (nSPS) is 16.9. The molecule has 0 aromatic heterocycles. The van der Waals surface area contributed by atoms with Crippen LogP contribution in [0.4, 0.5) is 10.1 Å². The van der Waals surface area contributed by atoms with Crippen molar-refractivity contribution in [1.82, 2.24) is 4.90 Å². The van der Waals surface area contributed by atoms with E-state index >= 15 is 0 Å². The summed E-state index contributed by atoms with van der Waals surface area (Å²) in [5.74, 6) is 0.570. The molecular weight excluding hydrogens is 253 g/mol. The fourth-order valence-electron chi connectivity index (χ4n) is 2.92. The summed E-state index contributed by atoms with van der Waals surface area (Å²) in [6.45, 7) is 10.2. The lowest BCUT2D eigenvalue weighted by Gasteiger charge is -2.37. The molecule has 0 spiro atoms. The van der Waals surface area contributed by atoms with Gasteiger partial charge in [-0.25, -0.2) is 4.39 Å². The minimum atomic E-state index is -0.127. The minimum absolute atomic E-state index is 0.127. The largest absolute Gasteiger partial charge is 0.369 e. The van der Waals surface area contributed by atoms with E-state index in [0.717, 1.165) is 44.0 Å². The van der Waals surface area contributed by atoms with E-state index in [1.807, 2.05) is 6.07 Å². The summed E-state index contributed by atoms with van der Waals surface area (Å²) in [7, 11) is 0. The van der Waals surface area contributed by atoms with E-state index in [1.54, 1.807) is 6.07 Å². The fraction of sp³-hybridized carbons (Fsp3) is 0.625. The first-order valence-electron chi connectivity index (χ1n) is 7.56. The fourth-order valence-corrected chi connectivity index (χ4v) is 2.92. The van der Waals surface area contributed by atoms with E-state index in [1.165, 1.54) is 6.07 Å². The van der Waals surface area contributed by atoms with Crippen molar-refractivity contribution in [1.29, 1.82) is 0 Å². The number of hydrogen-bond acceptors (Lipinski definition) is 3. The van der Waals surface area contributed by atoms with Crippen molar-refractivity contribution < 1.29 is 4.39 Å². The highest BCUT2D eigenvalue weighted by atomic mass is 19.1. The first-order valence-corrected chi connectivity index (χ1v) is 7.56. The zero-order valence-electron chi connectivity index (χ0n) is 12.6. The predicted octanol–water partition coefficient (Wildman–Crippen LogP) is 2.10. The van der Waals surface area contributed by atoms with Crippen LogP contribution in [-0.2, 0) is 6.42 Å². The van der Waals surface area contributed by atoms with Crippen LogP contribution in [0.3, 0.4) is 0 Å². The maximum absolute atomic E-state index is 13.9. The lowest BCUT2D eigenvalue weighted by atomic mass is 10.1. The maximum atomic E-state index is 13.9. The number of rotatable bonds is 5. The van der Waals surface area contributed by atoms with Crippen LogP contribution in [0.15, 0.2) is 18.2 Å². The Morgan fingerprint density at radius 3 is 2.50 bits per heavy atom. The van der Waals surface area contributed by atoms with Gasteiger partial charge in [-0.15, -0.1) is 0 Å². The number of benzene rings is 1. The van der Waals surface area contributed by atoms with Crippen LogP contribution in [0.2, 0.25) is 0 Å². The second-order valence-electron chi connectivity index (χ2n) is 5.96. The summed E-state index contributed by atoms with van der Waals surface area (Å²) in [5.41, 5.74) is 7.41. The van der Waals surface area contributed by atoms with E-state index in [-0.39, 0.29) is 5.82 Å². The van der Waals surface area contributed by atoms with Crippen LogP contribution in [0.1, 0.15) is 19.4 Å². The third-order valence-corrected chi connectivity index (χ3v) is 3.82. The smallest absolute Gasteiger partial charge is 0.128 e.